The average Bonchev–Trinajstić information content (AvgIpc) is 3.16. The van der Waals surface area contributed by atoms with Gasteiger partial charge in [-0.1, -0.05) is 60.7 Å². The van der Waals surface area contributed by atoms with Gasteiger partial charge in [0.05, 0.1) is 17.5 Å². The first-order valence-electron chi connectivity index (χ1n) is 9.52. The number of carbonyl (C=O) groups is 3. The van der Waals surface area contributed by atoms with Gasteiger partial charge in [0, 0.05) is 6.04 Å². The molecule has 2 aliphatic rings. The van der Waals surface area contributed by atoms with Crippen LogP contribution in [0.1, 0.15) is 18.1 Å². The van der Waals surface area contributed by atoms with Gasteiger partial charge in [0.1, 0.15) is 5.54 Å². The molecular weight excluding hydrogens is 368 g/mol. The lowest BCUT2D eigenvalue weighted by Gasteiger charge is -2.27. The van der Waals surface area contributed by atoms with E-state index in [1.807, 2.05) is 55.5 Å². The van der Waals surface area contributed by atoms with Crippen LogP contribution in [-0.2, 0) is 14.4 Å². The molecule has 2 aromatic carbocycles. The Hall–Kier alpha value is -3.25. The predicted octanol–water partition coefficient (Wildman–Crippen LogP) is 2.63. The zero-order valence-corrected chi connectivity index (χ0v) is 16.2. The Morgan fingerprint density at radius 2 is 1.72 bits per heavy atom. The van der Waals surface area contributed by atoms with Crippen molar-refractivity contribution in [3.05, 3.63) is 71.8 Å². The summed E-state index contributed by atoms with van der Waals surface area (Å²) >= 11 is 0. The number of hydrogen-bond acceptors (Lipinski definition) is 4. The molecule has 2 N–H and O–H groups in total. The van der Waals surface area contributed by atoms with Gasteiger partial charge < -0.3 is 5.11 Å². The Bertz CT molecular complexity index is 1020. The van der Waals surface area contributed by atoms with Crippen LogP contribution in [0, 0.1) is 18.8 Å². The lowest BCUT2D eigenvalue weighted by Crippen LogP contribution is -2.54. The fourth-order valence-electron chi connectivity index (χ4n) is 4.38. The van der Waals surface area contributed by atoms with Crippen LogP contribution in [0.15, 0.2) is 60.7 Å². The third-order valence-corrected chi connectivity index (χ3v) is 5.92. The molecule has 2 aliphatic heterocycles. The van der Waals surface area contributed by atoms with E-state index in [0.717, 1.165) is 16.0 Å². The van der Waals surface area contributed by atoms with E-state index in [2.05, 4.69) is 5.32 Å². The quantitative estimate of drug-likeness (QED) is 0.784. The highest BCUT2D eigenvalue weighted by atomic mass is 16.4. The summed E-state index contributed by atoms with van der Waals surface area (Å²) in [4.78, 5) is 39.8. The lowest BCUT2D eigenvalue weighted by molar-refractivity contribution is -0.147. The first-order valence-corrected chi connectivity index (χ1v) is 9.52. The molecule has 4 atom stereocenters. The lowest BCUT2D eigenvalue weighted by atomic mass is 9.81. The minimum atomic E-state index is -1.53. The number of rotatable bonds is 4. The van der Waals surface area contributed by atoms with Crippen molar-refractivity contribution >= 4 is 29.5 Å². The molecule has 2 saturated heterocycles. The van der Waals surface area contributed by atoms with Crippen LogP contribution in [0.4, 0.5) is 5.69 Å². The maximum absolute atomic E-state index is 13.3. The molecule has 0 spiro atoms. The van der Waals surface area contributed by atoms with Crippen LogP contribution in [0.25, 0.3) is 6.08 Å². The third-order valence-electron chi connectivity index (χ3n) is 5.92. The molecule has 2 heterocycles. The number of para-hydroxylation sites is 1. The number of carboxylic acids is 1. The second kappa shape index (κ2) is 6.97. The van der Waals surface area contributed by atoms with Gasteiger partial charge in [-0.3, -0.25) is 19.7 Å². The molecule has 0 bridgehead atoms. The standard InChI is InChI=1S/C23H22N2O4/c1-14-8-6-7-11-17(14)25-20(26)18-16(13-12-15-9-4-3-5-10-15)24-23(2,22(28)29)19(18)21(25)27/h3-13,16,18-19,24H,1-2H3,(H,28,29)/b13-12+. The van der Waals surface area contributed by atoms with Crippen molar-refractivity contribution in [1.29, 1.82) is 0 Å². The van der Waals surface area contributed by atoms with Crippen molar-refractivity contribution < 1.29 is 19.5 Å². The summed E-state index contributed by atoms with van der Waals surface area (Å²) in [7, 11) is 0. The number of aryl methyl sites for hydroxylation is 1. The second-order valence-corrected chi connectivity index (χ2v) is 7.75. The second-order valence-electron chi connectivity index (χ2n) is 7.75. The Morgan fingerprint density at radius 3 is 2.38 bits per heavy atom. The third kappa shape index (κ3) is 2.96. The smallest absolute Gasteiger partial charge is 0.324 e. The van der Waals surface area contributed by atoms with Crippen LogP contribution in [-0.4, -0.2) is 34.5 Å². The number of nitrogens with zero attached hydrogens (tertiary/aromatic N) is 1. The van der Waals surface area contributed by atoms with E-state index in [1.54, 1.807) is 18.2 Å². The summed E-state index contributed by atoms with van der Waals surface area (Å²) in [5.74, 6) is -3.73. The van der Waals surface area contributed by atoms with E-state index < -0.39 is 35.3 Å². The molecular formula is C23H22N2O4. The van der Waals surface area contributed by atoms with Crippen LogP contribution in [0.5, 0.6) is 0 Å². The topological polar surface area (TPSA) is 86.7 Å². The highest BCUT2D eigenvalue weighted by molar-refractivity contribution is 6.24. The molecule has 4 unspecified atom stereocenters. The molecule has 148 valence electrons. The first kappa shape index (κ1) is 19.1. The van der Waals surface area contributed by atoms with Crippen molar-refractivity contribution in [2.24, 2.45) is 11.8 Å². The van der Waals surface area contributed by atoms with Crippen LogP contribution in [0.2, 0.25) is 0 Å². The number of amides is 2. The summed E-state index contributed by atoms with van der Waals surface area (Å²) in [5.41, 5.74) is 0.703. The van der Waals surface area contributed by atoms with Crippen molar-refractivity contribution in [3.63, 3.8) is 0 Å². The summed E-state index contributed by atoms with van der Waals surface area (Å²) < 4.78 is 0. The number of imide groups is 1. The molecule has 2 aromatic rings. The Balaban J connectivity index is 1.75. The predicted molar refractivity (Wildman–Crippen MR) is 109 cm³/mol. The molecule has 6 heteroatoms. The van der Waals surface area contributed by atoms with Crippen molar-refractivity contribution in [3.8, 4) is 0 Å². The highest BCUT2D eigenvalue weighted by Gasteiger charge is 2.66. The van der Waals surface area contributed by atoms with Crippen LogP contribution >= 0.6 is 0 Å². The Labute approximate surface area is 168 Å². The molecule has 2 fully saturated rings. The number of carbonyl (C=O) groups excluding carboxylic acids is 2. The van der Waals surface area contributed by atoms with E-state index in [-0.39, 0.29) is 5.91 Å². The van der Waals surface area contributed by atoms with E-state index in [9.17, 15) is 19.5 Å². The SMILES string of the molecule is Cc1ccccc1N1C(=O)C2C(/C=C/c3ccccc3)NC(C)(C(=O)O)C2C1=O. The van der Waals surface area contributed by atoms with Crippen LogP contribution in [0.3, 0.4) is 0 Å². The largest absolute Gasteiger partial charge is 0.480 e. The van der Waals surface area contributed by atoms with Gasteiger partial charge in [0.15, 0.2) is 0 Å². The van der Waals surface area contributed by atoms with Crippen molar-refractivity contribution in [2.75, 3.05) is 4.90 Å². The number of nitrogens with one attached hydrogen (secondary N) is 1. The van der Waals surface area contributed by atoms with Gasteiger partial charge in [-0.15, -0.1) is 0 Å². The van der Waals surface area contributed by atoms with Gasteiger partial charge in [-0.2, -0.15) is 0 Å². The molecule has 4 rings (SSSR count). The van der Waals surface area contributed by atoms with E-state index in [1.165, 1.54) is 6.92 Å². The number of hydrogen-bond donors (Lipinski definition) is 2. The summed E-state index contributed by atoms with van der Waals surface area (Å²) in [5, 5.41) is 12.9. The summed E-state index contributed by atoms with van der Waals surface area (Å²) in [6.07, 6.45) is 3.63. The van der Waals surface area contributed by atoms with Crippen LogP contribution < -0.4 is 10.2 Å². The zero-order chi connectivity index (χ0) is 20.8. The first-order chi connectivity index (χ1) is 13.8. The van der Waals surface area contributed by atoms with Gasteiger partial charge in [0.2, 0.25) is 11.8 Å². The minimum Gasteiger partial charge on any atom is -0.480 e. The summed E-state index contributed by atoms with van der Waals surface area (Å²) in [6, 6.07) is 16.1. The molecule has 29 heavy (non-hydrogen) atoms. The minimum absolute atomic E-state index is 0.366. The van der Waals surface area contributed by atoms with Crippen molar-refractivity contribution in [2.45, 2.75) is 25.4 Å². The number of carboxylic acid groups (broad SMARTS) is 1. The molecule has 0 aliphatic carbocycles. The van der Waals surface area contributed by atoms with Gasteiger partial charge >= 0.3 is 5.97 Å². The Kier molecular flexibility index (Phi) is 4.59. The average molecular weight is 390 g/mol. The van der Waals surface area contributed by atoms with Gasteiger partial charge in [-0.25, -0.2) is 4.90 Å². The fourth-order valence-corrected chi connectivity index (χ4v) is 4.38. The molecule has 0 aromatic heterocycles. The number of benzene rings is 2. The maximum atomic E-state index is 13.3. The van der Waals surface area contributed by atoms with E-state index in [4.69, 9.17) is 0 Å². The summed E-state index contributed by atoms with van der Waals surface area (Å²) in [6.45, 7) is 3.31. The monoisotopic (exact) mass is 390 g/mol. The Morgan fingerprint density at radius 1 is 1.07 bits per heavy atom. The molecule has 2 amide bonds. The van der Waals surface area contributed by atoms with E-state index >= 15 is 0 Å². The normalized spacial score (nSPS) is 28.9. The molecule has 0 radical (unpaired) electrons. The van der Waals surface area contributed by atoms with Gasteiger partial charge in [-0.05, 0) is 31.0 Å². The fraction of sp³-hybridized carbons (Fsp3) is 0.261. The van der Waals surface area contributed by atoms with Gasteiger partial charge in [0.25, 0.3) is 0 Å². The molecule has 0 saturated carbocycles. The molecule has 6 nitrogen and oxygen atoms in total. The number of aliphatic carboxylic acids is 1. The number of anilines is 1. The number of fused-ring (bicyclic) bond motifs is 1. The highest BCUT2D eigenvalue weighted by Crippen LogP contribution is 2.45. The zero-order valence-electron chi connectivity index (χ0n) is 16.2. The maximum Gasteiger partial charge on any atom is 0.324 e. The van der Waals surface area contributed by atoms with Crippen molar-refractivity contribution in [1.82, 2.24) is 5.32 Å². The van der Waals surface area contributed by atoms with E-state index in [0.29, 0.717) is 5.69 Å².